The molecule has 3 rings (SSSR count). The number of H-pyrrole nitrogens is 1. The highest BCUT2D eigenvalue weighted by Crippen LogP contribution is 2.20. The molecule has 0 saturated carbocycles. The van der Waals surface area contributed by atoms with Gasteiger partial charge in [0.2, 0.25) is 0 Å². The summed E-state index contributed by atoms with van der Waals surface area (Å²) in [6, 6.07) is 9.05. The molecule has 0 aliphatic carbocycles. The Morgan fingerprint density at radius 3 is 2.62 bits per heavy atom. The first-order valence-electron chi connectivity index (χ1n) is 8.41. The van der Waals surface area contributed by atoms with Gasteiger partial charge in [-0.25, -0.2) is 4.79 Å². The molecule has 3 aromatic rings. The number of hydrogen-bond acceptors (Lipinski definition) is 4. The molecule has 6 heteroatoms. The van der Waals surface area contributed by atoms with Gasteiger partial charge in [-0.05, 0) is 43.9 Å². The van der Waals surface area contributed by atoms with E-state index in [2.05, 4.69) is 4.98 Å². The van der Waals surface area contributed by atoms with Crippen LogP contribution < -0.4 is 5.56 Å². The van der Waals surface area contributed by atoms with E-state index in [9.17, 15) is 14.4 Å². The first kappa shape index (κ1) is 17.7. The lowest BCUT2D eigenvalue weighted by atomic mass is 10.1. The number of benzene rings is 1. The lowest BCUT2D eigenvalue weighted by Gasteiger charge is -2.07. The SMILES string of the molecule is CCOC(=O)c1c(C)[nH]c(C(=O)Cn2ccc3ccccc3c2=O)c1C. The molecular weight excluding hydrogens is 332 g/mol. The van der Waals surface area contributed by atoms with Crippen molar-refractivity contribution in [1.29, 1.82) is 0 Å². The fraction of sp³-hybridized carbons (Fsp3) is 0.250. The number of hydrogen-bond donors (Lipinski definition) is 1. The Morgan fingerprint density at radius 2 is 1.88 bits per heavy atom. The number of nitrogens with zero attached hydrogens (tertiary/aromatic N) is 1. The third kappa shape index (κ3) is 3.06. The van der Waals surface area contributed by atoms with E-state index in [1.807, 2.05) is 12.1 Å². The molecule has 0 aliphatic heterocycles. The molecule has 6 nitrogen and oxygen atoms in total. The monoisotopic (exact) mass is 352 g/mol. The van der Waals surface area contributed by atoms with E-state index in [1.165, 1.54) is 4.57 Å². The van der Waals surface area contributed by atoms with Crippen LogP contribution in [0.3, 0.4) is 0 Å². The number of pyridine rings is 1. The van der Waals surface area contributed by atoms with Gasteiger partial charge < -0.3 is 14.3 Å². The number of ether oxygens (including phenoxy) is 1. The predicted molar refractivity (Wildman–Crippen MR) is 98.8 cm³/mol. The van der Waals surface area contributed by atoms with Crippen molar-refractivity contribution >= 4 is 22.5 Å². The molecule has 0 amide bonds. The van der Waals surface area contributed by atoms with Crippen molar-refractivity contribution in [3.63, 3.8) is 0 Å². The Morgan fingerprint density at radius 1 is 1.15 bits per heavy atom. The van der Waals surface area contributed by atoms with Crippen LogP contribution >= 0.6 is 0 Å². The number of esters is 1. The normalized spacial score (nSPS) is 10.9. The zero-order valence-electron chi connectivity index (χ0n) is 15.0. The maximum Gasteiger partial charge on any atom is 0.340 e. The minimum absolute atomic E-state index is 0.104. The zero-order valence-corrected chi connectivity index (χ0v) is 15.0. The van der Waals surface area contributed by atoms with Crippen LogP contribution in [0.2, 0.25) is 0 Å². The van der Waals surface area contributed by atoms with E-state index in [0.29, 0.717) is 27.9 Å². The predicted octanol–water partition coefficient (Wildman–Crippen LogP) is 3.01. The molecule has 134 valence electrons. The number of nitrogens with one attached hydrogen (secondary N) is 1. The quantitative estimate of drug-likeness (QED) is 0.565. The van der Waals surface area contributed by atoms with Crippen molar-refractivity contribution in [3.8, 4) is 0 Å². The van der Waals surface area contributed by atoms with Crippen LogP contribution in [-0.4, -0.2) is 27.9 Å². The summed E-state index contributed by atoms with van der Waals surface area (Å²) in [5.41, 5.74) is 1.60. The summed E-state index contributed by atoms with van der Waals surface area (Å²) in [5, 5.41) is 1.40. The summed E-state index contributed by atoms with van der Waals surface area (Å²) in [4.78, 5) is 40.3. The standard InChI is InChI=1S/C20H20N2O4/c1-4-26-20(25)17-12(2)18(21-13(17)3)16(23)11-22-10-9-14-7-5-6-8-15(14)19(22)24/h5-10,21H,4,11H2,1-3H3. The minimum Gasteiger partial charge on any atom is -0.462 e. The molecular formula is C20H20N2O4. The van der Waals surface area contributed by atoms with E-state index in [1.54, 1.807) is 45.2 Å². The molecule has 1 N–H and O–H groups in total. The highest BCUT2D eigenvalue weighted by Gasteiger charge is 2.23. The number of aromatic nitrogens is 2. The number of rotatable bonds is 5. The van der Waals surface area contributed by atoms with Crippen LogP contribution in [0.25, 0.3) is 10.8 Å². The number of aromatic amines is 1. The van der Waals surface area contributed by atoms with Crippen molar-refractivity contribution in [2.75, 3.05) is 6.61 Å². The van der Waals surface area contributed by atoms with Crippen LogP contribution in [0, 0.1) is 13.8 Å². The summed E-state index contributed by atoms with van der Waals surface area (Å²) >= 11 is 0. The summed E-state index contributed by atoms with van der Waals surface area (Å²) in [5.74, 6) is -0.723. The first-order valence-corrected chi connectivity index (χ1v) is 8.41. The van der Waals surface area contributed by atoms with Gasteiger partial charge in [0.1, 0.15) is 0 Å². The fourth-order valence-electron chi connectivity index (χ4n) is 3.13. The van der Waals surface area contributed by atoms with E-state index in [4.69, 9.17) is 4.74 Å². The molecule has 0 spiro atoms. The lowest BCUT2D eigenvalue weighted by molar-refractivity contribution is 0.0525. The molecule has 0 atom stereocenters. The molecule has 1 aromatic carbocycles. The topological polar surface area (TPSA) is 81.2 Å². The zero-order chi connectivity index (χ0) is 18.8. The summed E-state index contributed by atoms with van der Waals surface area (Å²) in [6.07, 6.45) is 1.61. The Hall–Kier alpha value is -3.15. The smallest absolute Gasteiger partial charge is 0.340 e. The number of carbonyl (C=O) groups excluding carboxylic acids is 2. The average molecular weight is 352 g/mol. The summed E-state index contributed by atoms with van der Waals surface area (Å²) in [6.45, 7) is 5.31. The Bertz CT molecular complexity index is 1060. The molecule has 2 heterocycles. The van der Waals surface area contributed by atoms with Gasteiger partial charge in [-0.1, -0.05) is 18.2 Å². The highest BCUT2D eigenvalue weighted by atomic mass is 16.5. The van der Waals surface area contributed by atoms with Gasteiger partial charge >= 0.3 is 5.97 Å². The fourth-order valence-corrected chi connectivity index (χ4v) is 3.13. The molecule has 26 heavy (non-hydrogen) atoms. The van der Waals surface area contributed by atoms with Gasteiger partial charge in [0.05, 0.1) is 24.4 Å². The maximum absolute atomic E-state index is 12.7. The van der Waals surface area contributed by atoms with Crippen molar-refractivity contribution in [2.24, 2.45) is 0 Å². The molecule has 0 aliphatic rings. The van der Waals surface area contributed by atoms with E-state index in [-0.39, 0.29) is 24.5 Å². The Balaban J connectivity index is 1.94. The molecule has 0 radical (unpaired) electrons. The number of carbonyl (C=O) groups is 2. The third-order valence-corrected chi connectivity index (χ3v) is 4.40. The first-order chi connectivity index (χ1) is 12.4. The number of aryl methyl sites for hydroxylation is 1. The van der Waals surface area contributed by atoms with Crippen molar-refractivity contribution in [3.05, 3.63) is 69.4 Å². The van der Waals surface area contributed by atoms with Crippen LogP contribution in [-0.2, 0) is 11.3 Å². The molecule has 0 unspecified atom stereocenters. The largest absolute Gasteiger partial charge is 0.462 e. The molecule has 0 bridgehead atoms. The molecule has 2 aromatic heterocycles. The van der Waals surface area contributed by atoms with E-state index < -0.39 is 5.97 Å². The number of Topliss-reactive ketones (excluding diaryl/α,β-unsaturated/α-hetero) is 1. The van der Waals surface area contributed by atoms with Gasteiger partial charge in [-0.2, -0.15) is 0 Å². The van der Waals surface area contributed by atoms with E-state index in [0.717, 1.165) is 5.39 Å². The molecule has 0 fully saturated rings. The van der Waals surface area contributed by atoms with Gasteiger partial charge in [0.15, 0.2) is 5.78 Å². The number of fused-ring (bicyclic) bond motifs is 1. The van der Waals surface area contributed by atoms with Crippen molar-refractivity contribution in [1.82, 2.24) is 9.55 Å². The van der Waals surface area contributed by atoms with Crippen molar-refractivity contribution < 1.29 is 14.3 Å². The van der Waals surface area contributed by atoms with Gasteiger partial charge in [0, 0.05) is 17.3 Å². The second kappa shape index (κ2) is 7.00. The van der Waals surface area contributed by atoms with Gasteiger partial charge in [-0.15, -0.1) is 0 Å². The average Bonchev–Trinajstić information content (AvgIpc) is 2.92. The molecule has 0 saturated heterocycles. The van der Waals surface area contributed by atoms with Crippen LogP contribution in [0.15, 0.2) is 41.3 Å². The summed E-state index contributed by atoms with van der Waals surface area (Å²) < 4.78 is 6.42. The Kier molecular flexibility index (Phi) is 4.75. The third-order valence-electron chi connectivity index (χ3n) is 4.40. The van der Waals surface area contributed by atoms with E-state index >= 15 is 0 Å². The lowest BCUT2D eigenvalue weighted by Crippen LogP contribution is -2.24. The highest BCUT2D eigenvalue weighted by molar-refractivity contribution is 6.01. The van der Waals surface area contributed by atoms with Crippen molar-refractivity contribution in [2.45, 2.75) is 27.3 Å². The van der Waals surface area contributed by atoms with Crippen LogP contribution in [0.4, 0.5) is 0 Å². The van der Waals surface area contributed by atoms with Crippen LogP contribution in [0.5, 0.6) is 0 Å². The maximum atomic E-state index is 12.7. The van der Waals surface area contributed by atoms with Gasteiger partial charge in [0.25, 0.3) is 5.56 Å². The summed E-state index contributed by atoms with van der Waals surface area (Å²) in [7, 11) is 0. The van der Waals surface area contributed by atoms with Gasteiger partial charge in [-0.3, -0.25) is 9.59 Å². The second-order valence-corrected chi connectivity index (χ2v) is 6.10. The number of ketones is 1. The Labute approximate surface area is 150 Å². The minimum atomic E-state index is -0.458. The van der Waals surface area contributed by atoms with Crippen LogP contribution in [0.1, 0.15) is 39.0 Å². The second-order valence-electron chi connectivity index (χ2n) is 6.10.